The summed E-state index contributed by atoms with van der Waals surface area (Å²) < 4.78 is 23.1. The molecule has 0 aliphatic rings. The zero-order chi connectivity index (χ0) is 16.6. The maximum Gasteiger partial charge on any atom is 0.261 e. The predicted molar refractivity (Wildman–Crippen MR) is 86.4 cm³/mol. The van der Waals surface area contributed by atoms with Crippen molar-refractivity contribution in [3.8, 4) is 0 Å². The second-order valence-electron chi connectivity index (χ2n) is 6.50. The summed E-state index contributed by atoms with van der Waals surface area (Å²) >= 11 is 0. The number of benzene rings is 1. The largest absolute Gasteiger partial charge is 0.325 e. The van der Waals surface area contributed by atoms with E-state index in [1.54, 1.807) is 6.92 Å². The van der Waals surface area contributed by atoms with Gasteiger partial charge >= 0.3 is 0 Å². The van der Waals surface area contributed by atoms with Crippen LogP contribution in [0.2, 0.25) is 0 Å². The Morgan fingerprint density at radius 1 is 1.24 bits per heavy atom. The molecule has 6 heteroatoms. The van der Waals surface area contributed by atoms with Crippen molar-refractivity contribution in [2.45, 2.75) is 52.4 Å². The number of aryl methyl sites for hydroxylation is 1. The van der Waals surface area contributed by atoms with Gasteiger partial charge in [-0.1, -0.05) is 34.6 Å². The molecule has 1 rings (SSSR count). The number of anilines is 1. The van der Waals surface area contributed by atoms with Gasteiger partial charge in [-0.3, -0.25) is 4.79 Å². The Morgan fingerprint density at radius 2 is 1.76 bits per heavy atom. The van der Waals surface area contributed by atoms with Gasteiger partial charge < -0.3 is 5.32 Å². The Hall–Kier alpha value is -1.07. The number of hydrogen-bond donors (Lipinski definition) is 1. The minimum atomic E-state index is -3.80. The fourth-order valence-corrected chi connectivity index (χ4v) is 2.70. The number of carbonyl (C=O) groups excluding carboxylic acids is 1. The monoisotopic (exact) mass is 331 g/mol. The van der Waals surface area contributed by atoms with E-state index in [4.69, 9.17) is 10.7 Å². The van der Waals surface area contributed by atoms with E-state index in [0.717, 1.165) is 5.56 Å². The van der Waals surface area contributed by atoms with Crippen molar-refractivity contribution in [2.75, 3.05) is 5.32 Å². The molecule has 1 aromatic rings. The Balaban J connectivity index is 3.43. The van der Waals surface area contributed by atoms with Crippen LogP contribution in [0.15, 0.2) is 17.0 Å². The van der Waals surface area contributed by atoms with E-state index >= 15 is 0 Å². The molecule has 0 aromatic heterocycles. The minimum absolute atomic E-state index is 0.0531. The summed E-state index contributed by atoms with van der Waals surface area (Å²) in [5.74, 6) is -0.0636. The third-order valence-corrected chi connectivity index (χ3v) is 4.50. The van der Waals surface area contributed by atoms with Crippen molar-refractivity contribution in [2.24, 2.45) is 5.41 Å². The van der Waals surface area contributed by atoms with Crippen LogP contribution in [-0.4, -0.2) is 14.3 Å². The van der Waals surface area contributed by atoms with Crippen molar-refractivity contribution in [3.63, 3.8) is 0 Å². The standard InChI is InChI=1S/C15H22ClNO3S/c1-9(2)12-8-11(21(16,19)20)7-10(3)13(12)17-14(18)15(4,5)6/h7-9H,1-6H3,(H,17,18). The first-order valence-electron chi connectivity index (χ1n) is 6.74. The van der Waals surface area contributed by atoms with Crippen molar-refractivity contribution in [3.05, 3.63) is 23.3 Å². The van der Waals surface area contributed by atoms with E-state index in [1.165, 1.54) is 12.1 Å². The number of rotatable bonds is 3. The number of nitrogens with one attached hydrogen (secondary N) is 1. The van der Waals surface area contributed by atoms with E-state index in [9.17, 15) is 13.2 Å². The molecule has 1 aromatic carbocycles. The molecular formula is C15H22ClNO3S. The molecule has 0 bridgehead atoms. The summed E-state index contributed by atoms with van der Waals surface area (Å²) in [5, 5.41) is 2.90. The molecule has 0 fully saturated rings. The van der Waals surface area contributed by atoms with Crippen LogP contribution in [0, 0.1) is 12.3 Å². The number of carbonyl (C=O) groups is 1. The SMILES string of the molecule is Cc1cc(S(=O)(=O)Cl)cc(C(C)C)c1NC(=O)C(C)(C)C. The molecule has 0 heterocycles. The lowest BCUT2D eigenvalue weighted by Crippen LogP contribution is -2.28. The zero-order valence-electron chi connectivity index (χ0n) is 13.2. The second-order valence-corrected chi connectivity index (χ2v) is 9.07. The molecular weight excluding hydrogens is 310 g/mol. The number of halogens is 1. The third kappa shape index (κ3) is 4.45. The summed E-state index contributed by atoms with van der Waals surface area (Å²) in [4.78, 5) is 12.2. The molecule has 1 amide bonds. The van der Waals surface area contributed by atoms with Gasteiger partial charge in [-0.15, -0.1) is 0 Å². The first kappa shape index (κ1) is 18.0. The van der Waals surface area contributed by atoms with Crippen molar-refractivity contribution in [1.29, 1.82) is 0 Å². The van der Waals surface area contributed by atoms with Crippen LogP contribution in [0.1, 0.15) is 51.7 Å². The van der Waals surface area contributed by atoms with Gasteiger partial charge in [-0.25, -0.2) is 8.42 Å². The Bertz CT molecular complexity index is 658. The van der Waals surface area contributed by atoms with Gasteiger partial charge in [0, 0.05) is 21.8 Å². The molecule has 118 valence electrons. The van der Waals surface area contributed by atoms with Gasteiger partial charge in [-0.05, 0) is 36.1 Å². The van der Waals surface area contributed by atoms with Crippen LogP contribution < -0.4 is 5.32 Å². The van der Waals surface area contributed by atoms with Gasteiger partial charge in [0.05, 0.1) is 4.90 Å². The van der Waals surface area contributed by atoms with Gasteiger partial charge in [0.1, 0.15) is 0 Å². The first-order chi connectivity index (χ1) is 9.34. The van der Waals surface area contributed by atoms with E-state index in [0.29, 0.717) is 11.3 Å². The lowest BCUT2D eigenvalue weighted by molar-refractivity contribution is -0.123. The average molecular weight is 332 g/mol. The fourth-order valence-electron chi connectivity index (χ4n) is 1.85. The molecule has 4 nitrogen and oxygen atoms in total. The minimum Gasteiger partial charge on any atom is -0.325 e. The van der Waals surface area contributed by atoms with Crippen LogP contribution in [0.3, 0.4) is 0 Å². The van der Waals surface area contributed by atoms with Gasteiger partial charge in [-0.2, -0.15) is 0 Å². The highest BCUT2D eigenvalue weighted by molar-refractivity contribution is 8.13. The summed E-state index contributed by atoms with van der Waals surface area (Å²) in [6.07, 6.45) is 0. The lowest BCUT2D eigenvalue weighted by Gasteiger charge is -2.22. The van der Waals surface area contributed by atoms with Crippen LogP contribution >= 0.6 is 10.7 Å². The molecule has 0 atom stereocenters. The Kier molecular flexibility index (Phi) is 5.11. The van der Waals surface area contributed by atoms with Gasteiger partial charge in [0.2, 0.25) is 5.91 Å². The predicted octanol–water partition coefficient (Wildman–Crippen LogP) is 4.03. The summed E-state index contributed by atoms with van der Waals surface area (Å²) in [6, 6.07) is 3.00. The molecule has 0 saturated heterocycles. The van der Waals surface area contributed by atoms with Crippen LogP contribution in [0.4, 0.5) is 5.69 Å². The zero-order valence-corrected chi connectivity index (χ0v) is 14.8. The van der Waals surface area contributed by atoms with Crippen LogP contribution in [0.5, 0.6) is 0 Å². The van der Waals surface area contributed by atoms with Crippen molar-refractivity contribution < 1.29 is 13.2 Å². The van der Waals surface area contributed by atoms with Crippen molar-refractivity contribution in [1.82, 2.24) is 0 Å². The van der Waals surface area contributed by atoms with Gasteiger partial charge in [0.25, 0.3) is 9.05 Å². The van der Waals surface area contributed by atoms with Crippen LogP contribution in [0.25, 0.3) is 0 Å². The smallest absolute Gasteiger partial charge is 0.261 e. The molecule has 0 aliphatic carbocycles. The second kappa shape index (κ2) is 5.97. The average Bonchev–Trinajstić information content (AvgIpc) is 2.28. The van der Waals surface area contributed by atoms with E-state index < -0.39 is 14.5 Å². The Labute approximate surface area is 131 Å². The topological polar surface area (TPSA) is 63.2 Å². The maximum atomic E-state index is 12.2. The summed E-state index contributed by atoms with van der Waals surface area (Å²) in [5.41, 5.74) is 1.57. The quantitative estimate of drug-likeness (QED) is 0.850. The highest BCUT2D eigenvalue weighted by Gasteiger charge is 2.24. The molecule has 0 spiro atoms. The molecule has 0 saturated carbocycles. The van der Waals surface area contributed by atoms with Crippen LogP contribution in [-0.2, 0) is 13.8 Å². The van der Waals surface area contributed by atoms with E-state index in [1.807, 2.05) is 34.6 Å². The molecule has 1 N–H and O–H groups in total. The first-order valence-corrected chi connectivity index (χ1v) is 9.05. The summed E-state index contributed by atoms with van der Waals surface area (Å²) in [7, 11) is 1.63. The van der Waals surface area contributed by atoms with E-state index in [-0.39, 0.29) is 16.7 Å². The highest BCUT2D eigenvalue weighted by Crippen LogP contribution is 2.33. The van der Waals surface area contributed by atoms with Crippen molar-refractivity contribution >= 4 is 31.3 Å². The third-order valence-electron chi connectivity index (χ3n) is 3.16. The molecule has 0 radical (unpaired) electrons. The lowest BCUT2D eigenvalue weighted by atomic mass is 9.93. The Morgan fingerprint density at radius 3 is 2.14 bits per heavy atom. The maximum absolute atomic E-state index is 12.2. The number of hydrogen-bond acceptors (Lipinski definition) is 3. The molecule has 0 unspecified atom stereocenters. The number of amides is 1. The summed E-state index contributed by atoms with van der Waals surface area (Å²) in [6.45, 7) is 11.1. The highest BCUT2D eigenvalue weighted by atomic mass is 35.7. The molecule has 0 aliphatic heterocycles. The molecule has 21 heavy (non-hydrogen) atoms. The fraction of sp³-hybridized carbons (Fsp3) is 0.533. The normalized spacial score (nSPS) is 12.6. The van der Waals surface area contributed by atoms with E-state index in [2.05, 4.69) is 5.32 Å². The van der Waals surface area contributed by atoms with Gasteiger partial charge in [0.15, 0.2) is 0 Å².